The van der Waals surface area contributed by atoms with Gasteiger partial charge in [-0.05, 0) is 12.5 Å². The van der Waals surface area contributed by atoms with Crippen molar-refractivity contribution in [3.05, 3.63) is 12.2 Å². The highest BCUT2D eigenvalue weighted by Gasteiger charge is 2.00. The van der Waals surface area contributed by atoms with E-state index in [2.05, 4.69) is 11.7 Å². The third kappa shape index (κ3) is 7.80. The SMILES string of the molecule is CCCCCC[C@H](O)/C=C/C(=O)OC. The largest absolute Gasteiger partial charge is 0.466 e. The molecule has 1 N–H and O–H groups in total. The van der Waals surface area contributed by atoms with E-state index in [9.17, 15) is 9.90 Å². The fourth-order valence-electron chi connectivity index (χ4n) is 1.13. The molecule has 3 heteroatoms. The van der Waals surface area contributed by atoms with Crippen molar-refractivity contribution in [2.24, 2.45) is 0 Å². The van der Waals surface area contributed by atoms with Crippen molar-refractivity contribution in [2.75, 3.05) is 7.11 Å². The third-order valence-corrected chi connectivity index (χ3v) is 2.01. The molecule has 3 nitrogen and oxygen atoms in total. The zero-order valence-electron chi connectivity index (χ0n) is 9.03. The summed E-state index contributed by atoms with van der Waals surface area (Å²) in [6.45, 7) is 2.15. The molecule has 0 aliphatic carbocycles. The summed E-state index contributed by atoms with van der Waals surface area (Å²) in [6.07, 6.45) is 7.48. The van der Waals surface area contributed by atoms with Gasteiger partial charge in [0.1, 0.15) is 0 Å². The molecule has 0 unspecified atom stereocenters. The number of aliphatic hydroxyl groups is 1. The first kappa shape index (κ1) is 13.2. The minimum Gasteiger partial charge on any atom is -0.466 e. The van der Waals surface area contributed by atoms with Crippen LogP contribution in [-0.2, 0) is 9.53 Å². The van der Waals surface area contributed by atoms with E-state index >= 15 is 0 Å². The minimum atomic E-state index is -0.522. The fourth-order valence-corrected chi connectivity index (χ4v) is 1.13. The maximum Gasteiger partial charge on any atom is 0.330 e. The number of rotatable bonds is 7. The monoisotopic (exact) mass is 200 g/mol. The topological polar surface area (TPSA) is 46.5 Å². The van der Waals surface area contributed by atoms with Crippen molar-refractivity contribution in [3.63, 3.8) is 0 Å². The van der Waals surface area contributed by atoms with Crippen LogP contribution in [-0.4, -0.2) is 24.3 Å². The molecule has 1 atom stereocenters. The molecule has 0 saturated carbocycles. The van der Waals surface area contributed by atoms with E-state index in [-0.39, 0.29) is 0 Å². The Hall–Kier alpha value is -0.830. The summed E-state index contributed by atoms with van der Waals surface area (Å²) in [5.74, 6) is -0.419. The molecule has 0 radical (unpaired) electrons. The van der Waals surface area contributed by atoms with Crippen molar-refractivity contribution in [1.29, 1.82) is 0 Å². The van der Waals surface area contributed by atoms with Crippen LogP contribution in [0.2, 0.25) is 0 Å². The Kier molecular flexibility index (Phi) is 8.24. The molecule has 0 aromatic rings. The van der Waals surface area contributed by atoms with Gasteiger partial charge in [-0.1, -0.05) is 32.6 Å². The third-order valence-electron chi connectivity index (χ3n) is 2.01. The van der Waals surface area contributed by atoms with Gasteiger partial charge in [-0.2, -0.15) is 0 Å². The smallest absolute Gasteiger partial charge is 0.330 e. The Morgan fingerprint density at radius 1 is 1.43 bits per heavy atom. The van der Waals surface area contributed by atoms with Gasteiger partial charge in [0, 0.05) is 6.08 Å². The van der Waals surface area contributed by atoms with Crippen LogP contribution in [0.4, 0.5) is 0 Å². The predicted octanol–water partition coefficient (Wildman–Crippen LogP) is 2.05. The van der Waals surface area contributed by atoms with E-state index < -0.39 is 12.1 Å². The predicted molar refractivity (Wildman–Crippen MR) is 55.9 cm³/mol. The molecule has 0 rings (SSSR count). The number of carbonyl (C=O) groups excluding carboxylic acids is 1. The average molecular weight is 200 g/mol. The van der Waals surface area contributed by atoms with Crippen LogP contribution in [0.3, 0.4) is 0 Å². The zero-order valence-corrected chi connectivity index (χ0v) is 9.03. The van der Waals surface area contributed by atoms with Gasteiger partial charge in [-0.15, -0.1) is 0 Å². The average Bonchev–Trinajstić information content (AvgIpc) is 2.21. The summed E-state index contributed by atoms with van der Waals surface area (Å²) >= 11 is 0. The van der Waals surface area contributed by atoms with Crippen molar-refractivity contribution < 1.29 is 14.6 Å². The number of esters is 1. The number of unbranched alkanes of at least 4 members (excludes halogenated alkanes) is 3. The Balaban J connectivity index is 3.49. The number of hydrogen-bond donors (Lipinski definition) is 1. The molecule has 0 saturated heterocycles. The molecule has 0 bridgehead atoms. The lowest BCUT2D eigenvalue weighted by Crippen LogP contribution is -2.04. The lowest BCUT2D eigenvalue weighted by molar-refractivity contribution is -0.134. The standard InChI is InChI=1S/C11H20O3/c1-3-4-5-6-7-10(12)8-9-11(13)14-2/h8-10,12H,3-7H2,1-2H3/b9-8+/t10-/m0/s1. The first-order chi connectivity index (χ1) is 6.70. The summed E-state index contributed by atoms with van der Waals surface area (Å²) in [7, 11) is 1.32. The number of ether oxygens (including phenoxy) is 1. The highest BCUT2D eigenvalue weighted by Crippen LogP contribution is 2.06. The van der Waals surface area contributed by atoms with Crippen LogP contribution in [0.25, 0.3) is 0 Å². The van der Waals surface area contributed by atoms with Gasteiger partial charge in [0.15, 0.2) is 0 Å². The molecule has 0 aliphatic rings. The maximum atomic E-state index is 10.7. The van der Waals surface area contributed by atoms with Crippen molar-refractivity contribution in [2.45, 2.75) is 45.1 Å². The normalized spacial score (nSPS) is 13.1. The summed E-state index contributed by atoms with van der Waals surface area (Å²) in [5.41, 5.74) is 0. The summed E-state index contributed by atoms with van der Waals surface area (Å²) in [6, 6.07) is 0. The van der Waals surface area contributed by atoms with E-state index in [1.54, 1.807) is 0 Å². The molecule has 82 valence electrons. The minimum absolute atomic E-state index is 0.419. The lowest BCUT2D eigenvalue weighted by atomic mass is 10.1. The number of aliphatic hydroxyl groups excluding tert-OH is 1. The van der Waals surface area contributed by atoms with Gasteiger partial charge in [0.2, 0.25) is 0 Å². The first-order valence-corrected chi connectivity index (χ1v) is 5.15. The van der Waals surface area contributed by atoms with Gasteiger partial charge in [-0.25, -0.2) is 4.79 Å². The van der Waals surface area contributed by atoms with E-state index in [1.165, 1.54) is 32.1 Å². The van der Waals surface area contributed by atoms with Gasteiger partial charge < -0.3 is 9.84 Å². The summed E-state index contributed by atoms with van der Waals surface area (Å²) < 4.78 is 4.41. The van der Waals surface area contributed by atoms with E-state index in [4.69, 9.17) is 0 Å². The quantitative estimate of drug-likeness (QED) is 0.388. The Labute approximate surface area is 85.8 Å². The Bertz CT molecular complexity index is 175. The molecule has 0 fully saturated rings. The van der Waals surface area contributed by atoms with E-state index in [0.717, 1.165) is 12.8 Å². The first-order valence-electron chi connectivity index (χ1n) is 5.15. The molecular formula is C11H20O3. The zero-order chi connectivity index (χ0) is 10.8. The summed E-state index contributed by atoms with van der Waals surface area (Å²) in [5, 5.41) is 9.40. The molecule has 0 spiro atoms. The van der Waals surface area contributed by atoms with Crippen LogP contribution < -0.4 is 0 Å². The second-order valence-corrected chi connectivity index (χ2v) is 3.30. The molecule has 0 amide bonds. The van der Waals surface area contributed by atoms with E-state index in [0.29, 0.717) is 6.42 Å². The second kappa shape index (κ2) is 8.75. The number of methoxy groups -OCH3 is 1. The van der Waals surface area contributed by atoms with Crippen LogP contribution >= 0.6 is 0 Å². The number of hydrogen-bond acceptors (Lipinski definition) is 3. The second-order valence-electron chi connectivity index (χ2n) is 3.30. The van der Waals surface area contributed by atoms with Gasteiger partial charge in [0.05, 0.1) is 13.2 Å². The lowest BCUT2D eigenvalue weighted by Gasteiger charge is -2.04. The molecule has 0 aliphatic heterocycles. The van der Waals surface area contributed by atoms with Crippen LogP contribution in [0.1, 0.15) is 39.0 Å². The maximum absolute atomic E-state index is 10.7. The van der Waals surface area contributed by atoms with Crippen LogP contribution in [0, 0.1) is 0 Å². The Morgan fingerprint density at radius 2 is 2.14 bits per heavy atom. The fraction of sp³-hybridized carbons (Fsp3) is 0.727. The molecule has 0 heterocycles. The Morgan fingerprint density at radius 3 is 2.71 bits per heavy atom. The van der Waals surface area contributed by atoms with Gasteiger partial charge >= 0.3 is 5.97 Å². The van der Waals surface area contributed by atoms with Crippen LogP contribution in [0.15, 0.2) is 12.2 Å². The highest BCUT2D eigenvalue weighted by molar-refractivity contribution is 5.81. The highest BCUT2D eigenvalue weighted by atomic mass is 16.5. The van der Waals surface area contributed by atoms with Crippen molar-refractivity contribution in [3.8, 4) is 0 Å². The molecule has 14 heavy (non-hydrogen) atoms. The molecule has 0 aromatic heterocycles. The van der Waals surface area contributed by atoms with Gasteiger partial charge in [0.25, 0.3) is 0 Å². The van der Waals surface area contributed by atoms with Crippen molar-refractivity contribution in [1.82, 2.24) is 0 Å². The van der Waals surface area contributed by atoms with Crippen molar-refractivity contribution >= 4 is 5.97 Å². The van der Waals surface area contributed by atoms with Crippen LogP contribution in [0.5, 0.6) is 0 Å². The van der Waals surface area contributed by atoms with Gasteiger partial charge in [-0.3, -0.25) is 0 Å². The molecular weight excluding hydrogens is 180 g/mol. The number of carbonyl (C=O) groups is 1. The molecule has 0 aromatic carbocycles. The summed E-state index contributed by atoms with van der Waals surface area (Å²) in [4.78, 5) is 10.7. The van der Waals surface area contributed by atoms with E-state index in [1.807, 2.05) is 0 Å².